The van der Waals surface area contributed by atoms with Crippen LogP contribution in [0.4, 0.5) is 10.1 Å². The smallest absolute Gasteiger partial charge is 0.226 e. The first-order chi connectivity index (χ1) is 11.4. The van der Waals surface area contributed by atoms with E-state index in [0.717, 1.165) is 29.7 Å². The number of alkyl halides is 1. The Morgan fingerprint density at radius 2 is 2.17 bits per heavy atom. The van der Waals surface area contributed by atoms with E-state index in [2.05, 4.69) is 5.32 Å². The standard InChI is InChI=1S/C19H29FN2O2/c1-4-6-18(24)22(3)16-10-9-14(11-13(16)2)12-21-19-15(20)7-5-8-17(19)23/h9-11,15,17,19,21,23H,4-8,12H2,1-3H3. The summed E-state index contributed by atoms with van der Waals surface area (Å²) in [4.78, 5) is 13.7. The number of aryl methyl sites for hydroxylation is 1. The van der Waals surface area contributed by atoms with Gasteiger partial charge in [-0.25, -0.2) is 4.39 Å². The van der Waals surface area contributed by atoms with Crippen LogP contribution in [0.3, 0.4) is 0 Å². The molecule has 0 aromatic heterocycles. The number of aliphatic hydroxyl groups is 1. The number of amides is 1. The third kappa shape index (κ3) is 4.54. The highest BCUT2D eigenvalue weighted by atomic mass is 19.1. The van der Waals surface area contributed by atoms with Crippen molar-refractivity contribution >= 4 is 11.6 Å². The third-order valence-corrected chi connectivity index (χ3v) is 4.79. The molecule has 1 aromatic carbocycles. The van der Waals surface area contributed by atoms with Gasteiger partial charge in [0.2, 0.25) is 5.91 Å². The third-order valence-electron chi connectivity index (χ3n) is 4.79. The summed E-state index contributed by atoms with van der Waals surface area (Å²) in [5, 5.41) is 13.1. The highest BCUT2D eigenvalue weighted by molar-refractivity contribution is 5.93. The highest BCUT2D eigenvalue weighted by Gasteiger charge is 2.31. The first-order valence-electron chi connectivity index (χ1n) is 8.85. The number of anilines is 1. The van der Waals surface area contributed by atoms with Gasteiger partial charge in [0.1, 0.15) is 6.17 Å². The summed E-state index contributed by atoms with van der Waals surface area (Å²) in [6, 6.07) is 5.41. The summed E-state index contributed by atoms with van der Waals surface area (Å²) < 4.78 is 13.9. The number of nitrogens with one attached hydrogen (secondary N) is 1. The predicted molar refractivity (Wildman–Crippen MR) is 94.9 cm³/mol. The number of rotatable bonds is 6. The van der Waals surface area contributed by atoms with E-state index in [1.807, 2.05) is 32.0 Å². The molecule has 0 heterocycles. The topological polar surface area (TPSA) is 52.6 Å². The van der Waals surface area contributed by atoms with E-state index in [0.29, 0.717) is 25.8 Å². The molecule has 1 aliphatic rings. The summed E-state index contributed by atoms with van der Waals surface area (Å²) in [7, 11) is 1.80. The summed E-state index contributed by atoms with van der Waals surface area (Å²) in [5.74, 6) is 0.108. The van der Waals surface area contributed by atoms with Crippen LogP contribution in [-0.2, 0) is 11.3 Å². The fraction of sp³-hybridized carbons (Fsp3) is 0.632. The average molecular weight is 336 g/mol. The van der Waals surface area contributed by atoms with Crippen molar-refractivity contribution in [3.8, 4) is 0 Å². The second-order valence-corrected chi connectivity index (χ2v) is 6.74. The molecule has 134 valence electrons. The minimum Gasteiger partial charge on any atom is -0.391 e. The molecule has 2 N–H and O–H groups in total. The fourth-order valence-electron chi connectivity index (χ4n) is 3.34. The molecule has 4 nitrogen and oxygen atoms in total. The van der Waals surface area contributed by atoms with Crippen molar-refractivity contribution < 1.29 is 14.3 Å². The molecule has 1 fully saturated rings. The molecule has 0 aliphatic heterocycles. The lowest BCUT2D eigenvalue weighted by Crippen LogP contribution is -2.48. The molecule has 3 unspecified atom stereocenters. The van der Waals surface area contributed by atoms with Crippen LogP contribution in [0.1, 0.15) is 50.2 Å². The van der Waals surface area contributed by atoms with Gasteiger partial charge in [-0.05, 0) is 49.8 Å². The van der Waals surface area contributed by atoms with E-state index in [-0.39, 0.29) is 5.91 Å². The van der Waals surface area contributed by atoms with Crippen LogP contribution in [-0.4, -0.2) is 36.4 Å². The largest absolute Gasteiger partial charge is 0.391 e. The number of hydrogen-bond acceptors (Lipinski definition) is 3. The van der Waals surface area contributed by atoms with Crippen LogP contribution >= 0.6 is 0 Å². The van der Waals surface area contributed by atoms with Crippen LogP contribution in [0, 0.1) is 6.92 Å². The zero-order valence-electron chi connectivity index (χ0n) is 14.9. The van der Waals surface area contributed by atoms with Crippen molar-refractivity contribution in [2.24, 2.45) is 0 Å². The molecule has 0 bridgehead atoms. The molecule has 0 saturated heterocycles. The number of carbonyl (C=O) groups is 1. The van der Waals surface area contributed by atoms with Gasteiger partial charge in [-0.1, -0.05) is 19.1 Å². The lowest BCUT2D eigenvalue weighted by molar-refractivity contribution is -0.118. The molecule has 0 radical (unpaired) electrons. The number of halogens is 1. The Morgan fingerprint density at radius 1 is 1.42 bits per heavy atom. The maximum Gasteiger partial charge on any atom is 0.226 e. The molecule has 3 atom stereocenters. The van der Waals surface area contributed by atoms with Crippen LogP contribution in [0.5, 0.6) is 0 Å². The van der Waals surface area contributed by atoms with Gasteiger partial charge >= 0.3 is 0 Å². The highest BCUT2D eigenvalue weighted by Crippen LogP contribution is 2.24. The zero-order chi connectivity index (χ0) is 17.7. The van der Waals surface area contributed by atoms with Gasteiger partial charge < -0.3 is 15.3 Å². The average Bonchev–Trinajstić information content (AvgIpc) is 2.54. The monoisotopic (exact) mass is 336 g/mol. The first-order valence-corrected chi connectivity index (χ1v) is 8.85. The summed E-state index contributed by atoms with van der Waals surface area (Å²) in [5.41, 5.74) is 2.94. The SMILES string of the molecule is CCCC(=O)N(C)c1ccc(CNC2C(O)CCCC2F)cc1C. The molecule has 2 rings (SSSR count). The van der Waals surface area contributed by atoms with E-state index in [9.17, 15) is 14.3 Å². The lowest BCUT2D eigenvalue weighted by Gasteiger charge is -2.31. The molecule has 24 heavy (non-hydrogen) atoms. The molecule has 5 heteroatoms. The van der Waals surface area contributed by atoms with Gasteiger partial charge in [-0.15, -0.1) is 0 Å². The van der Waals surface area contributed by atoms with Crippen molar-refractivity contribution in [3.63, 3.8) is 0 Å². The van der Waals surface area contributed by atoms with Crippen molar-refractivity contribution in [2.75, 3.05) is 11.9 Å². The fourth-order valence-corrected chi connectivity index (χ4v) is 3.34. The number of hydrogen-bond donors (Lipinski definition) is 2. The van der Waals surface area contributed by atoms with E-state index in [1.54, 1.807) is 11.9 Å². The normalized spacial score (nSPS) is 24.0. The maximum atomic E-state index is 13.9. The maximum absolute atomic E-state index is 13.9. The summed E-state index contributed by atoms with van der Waals surface area (Å²) in [6.07, 6.45) is 1.66. The number of carbonyl (C=O) groups excluding carboxylic acids is 1. The van der Waals surface area contributed by atoms with Gasteiger partial charge in [-0.2, -0.15) is 0 Å². The van der Waals surface area contributed by atoms with Crippen molar-refractivity contribution in [3.05, 3.63) is 29.3 Å². The molecule has 1 aromatic rings. The Kier molecular flexibility index (Phi) is 6.75. The van der Waals surface area contributed by atoms with Crippen LogP contribution in [0.15, 0.2) is 18.2 Å². The van der Waals surface area contributed by atoms with Crippen LogP contribution in [0.25, 0.3) is 0 Å². The Labute approximate surface area is 144 Å². The molecule has 1 amide bonds. The quantitative estimate of drug-likeness (QED) is 0.839. The van der Waals surface area contributed by atoms with Gasteiger partial charge in [0.25, 0.3) is 0 Å². The van der Waals surface area contributed by atoms with Crippen molar-refractivity contribution in [1.82, 2.24) is 5.32 Å². The number of benzene rings is 1. The van der Waals surface area contributed by atoms with Gasteiger partial charge in [0.15, 0.2) is 0 Å². The second kappa shape index (κ2) is 8.58. The van der Waals surface area contributed by atoms with Crippen LogP contribution in [0.2, 0.25) is 0 Å². The predicted octanol–water partition coefficient (Wildman–Crippen LogP) is 3.10. The Bertz CT molecular complexity index is 554. The van der Waals surface area contributed by atoms with Gasteiger partial charge in [0.05, 0.1) is 12.1 Å². The van der Waals surface area contributed by atoms with E-state index >= 15 is 0 Å². The summed E-state index contributed by atoms with van der Waals surface area (Å²) >= 11 is 0. The molecule has 1 aliphatic carbocycles. The Balaban J connectivity index is 2.00. The van der Waals surface area contributed by atoms with Crippen LogP contribution < -0.4 is 10.2 Å². The van der Waals surface area contributed by atoms with E-state index in [4.69, 9.17) is 0 Å². The van der Waals surface area contributed by atoms with Gasteiger partial charge in [-0.3, -0.25) is 4.79 Å². The molecular weight excluding hydrogens is 307 g/mol. The van der Waals surface area contributed by atoms with Crippen molar-refractivity contribution in [1.29, 1.82) is 0 Å². The van der Waals surface area contributed by atoms with Crippen molar-refractivity contribution in [2.45, 2.75) is 70.8 Å². The van der Waals surface area contributed by atoms with E-state index < -0.39 is 18.3 Å². The second-order valence-electron chi connectivity index (χ2n) is 6.74. The lowest BCUT2D eigenvalue weighted by atomic mass is 9.90. The number of nitrogens with zero attached hydrogens (tertiary/aromatic N) is 1. The Hall–Kier alpha value is -1.46. The minimum atomic E-state index is -0.994. The molecule has 1 saturated carbocycles. The minimum absolute atomic E-state index is 0.108. The first kappa shape index (κ1) is 18.9. The summed E-state index contributed by atoms with van der Waals surface area (Å²) in [6.45, 7) is 4.48. The van der Waals surface area contributed by atoms with Gasteiger partial charge in [0, 0.05) is 25.7 Å². The van der Waals surface area contributed by atoms with E-state index in [1.165, 1.54) is 0 Å². The Morgan fingerprint density at radius 3 is 2.79 bits per heavy atom. The molecule has 0 spiro atoms. The zero-order valence-corrected chi connectivity index (χ0v) is 14.9. The molecular formula is C19H29FN2O2. The number of aliphatic hydroxyl groups excluding tert-OH is 1.